The van der Waals surface area contributed by atoms with Crippen LogP contribution in [-0.4, -0.2) is 16.9 Å². The van der Waals surface area contributed by atoms with Crippen LogP contribution in [0.2, 0.25) is 0 Å². The summed E-state index contributed by atoms with van der Waals surface area (Å²) in [6.45, 7) is 10.1. The Hall–Kier alpha value is -0.900. The number of nitrogens with one attached hydrogen (secondary N) is 1. The predicted molar refractivity (Wildman–Crippen MR) is 63.4 cm³/mol. The molecule has 0 spiro atoms. The first kappa shape index (κ1) is 12.2. The van der Waals surface area contributed by atoms with Gasteiger partial charge in [0.05, 0.1) is 5.69 Å². The van der Waals surface area contributed by atoms with Crippen molar-refractivity contribution in [3.63, 3.8) is 0 Å². The molecule has 3 nitrogen and oxygen atoms in total. The number of hydrogen-bond donors (Lipinski definition) is 1. The standard InChI is InChI=1S/C11H18N2OS/c1-7(2)12-9(14)10-13-8(6-15-10)11(3,4)5/h6-7H,1-5H3,(H,12,14). The Morgan fingerprint density at radius 2 is 2.07 bits per heavy atom. The Bertz CT molecular complexity index is 350. The maximum absolute atomic E-state index is 11.6. The summed E-state index contributed by atoms with van der Waals surface area (Å²) in [7, 11) is 0. The van der Waals surface area contributed by atoms with Gasteiger partial charge in [-0.3, -0.25) is 4.79 Å². The molecule has 0 aliphatic heterocycles. The van der Waals surface area contributed by atoms with Gasteiger partial charge in [-0.15, -0.1) is 11.3 Å². The molecule has 0 aromatic carbocycles. The molecule has 1 aromatic rings. The lowest BCUT2D eigenvalue weighted by molar-refractivity contribution is 0.0942. The second kappa shape index (κ2) is 4.31. The number of thiazole rings is 1. The molecule has 0 aliphatic carbocycles. The molecule has 0 unspecified atom stereocenters. The van der Waals surface area contributed by atoms with Crippen molar-refractivity contribution in [2.75, 3.05) is 0 Å². The van der Waals surface area contributed by atoms with Gasteiger partial charge in [-0.05, 0) is 13.8 Å². The van der Waals surface area contributed by atoms with E-state index in [1.54, 1.807) is 0 Å². The summed E-state index contributed by atoms with van der Waals surface area (Å²) in [5.74, 6) is -0.0782. The first-order chi connectivity index (χ1) is 6.80. The van der Waals surface area contributed by atoms with Crippen molar-refractivity contribution in [1.29, 1.82) is 0 Å². The summed E-state index contributed by atoms with van der Waals surface area (Å²) in [4.78, 5) is 16.0. The van der Waals surface area contributed by atoms with Crippen molar-refractivity contribution >= 4 is 17.2 Å². The van der Waals surface area contributed by atoms with Crippen molar-refractivity contribution in [3.8, 4) is 0 Å². The van der Waals surface area contributed by atoms with Crippen molar-refractivity contribution in [1.82, 2.24) is 10.3 Å². The summed E-state index contributed by atoms with van der Waals surface area (Å²) in [6.07, 6.45) is 0. The van der Waals surface area contributed by atoms with Crippen LogP contribution in [0.15, 0.2) is 5.38 Å². The third kappa shape index (κ3) is 3.30. The highest BCUT2D eigenvalue weighted by molar-refractivity contribution is 7.11. The minimum atomic E-state index is -0.0782. The van der Waals surface area contributed by atoms with Crippen LogP contribution in [0, 0.1) is 0 Å². The van der Waals surface area contributed by atoms with E-state index in [0.29, 0.717) is 5.01 Å². The molecule has 0 saturated heterocycles. The molecule has 0 fully saturated rings. The van der Waals surface area contributed by atoms with Crippen LogP contribution in [0.4, 0.5) is 0 Å². The van der Waals surface area contributed by atoms with Gasteiger partial charge in [0.2, 0.25) is 0 Å². The summed E-state index contributed by atoms with van der Waals surface area (Å²) in [5.41, 5.74) is 0.980. The monoisotopic (exact) mass is 226 g/mol. The Labute approximate surface area is 94.9 Å². The van der Waals surface area contributed by atoms with Crippen LogP contribution in [0.3, 0.4) is 0 Å². The molecule has 1 aromatic heterocycles. The van der Waals surface area contributed by atoms with Gasteiger partial charge in [0.15, 0.2) is 5.01 Å². The number of carbonyl (C=O) groups is 1. The van der Waals surface area contributed by atoms with Crippen LogP contribution >= 0.6 is 11.3 Å². The van der Waals surface area contributed by atoms with Gasteiger partial charge in [-0.2, -0.15) is 0 Å². The first-order valence-corrected chi connectivity index (χ1v) is 5.95. The maximum atomic E-state index is 11.6. The topological polar surface area (TPSA) is 42.0 Å². The molecule has 0 bridgehead atoms. The average Bonchev–Trinajstić information content (AvgIpc) is 2.48. The second-order valence-electron chi connectivity index (χ2n) is 4.92. The van der Waals surface area contributed by atoms with E-state index in [9.17, 15) is 4.79 Å². The fourth-order valence-corrected chi connectivity index (χ4v) is 1.99. The lowest BCUT2D eigenvalue weighted by Crippen LogP contribution is -2.30. The summed E-state index contributed by atoms with van der Waals surface area (Å²) in [5, 5.41) is 5.34. The Balaban J connectivity index is 2.81. The van der Waals surface area contributed by atoms with Crippen LogP contribution in [0.25, 0.3) is 0 Å². The normalized spacial score (nSPS) is 11.9. The van der Waals surface area contributed by atoms with E-state index in [1.165, 1.54) is 11.3 Å². The summed E-state index contributed by atoms with van der Waals surface area (Å²) in [6, 6.07) is 0.152. The van der Waals surface area contributed by atoms with E-state index in [2.05, 4.69) is 31.1 Å². The Morgan fingerprint density at radius 1 is 1.47 bits per heavy atom. The van der Waals surface area contributed by atoms with E-state index in [0.717, 1.165) is 5.69 Å². The van der Waals surface area contributed by atoms with Gasteiger partial charge < -0.3 is 5.32 Å². The van der Waals surface area contributed by atoms with Crippen molar-refractivity contribution < 1.29 is 4.79 Å². The molecule has 1 heterocycles. The number of rotatable bonds is 2. The smallest absolute Gasteiger partial charge is 0.280 e. The average molecular weight is 226 g/mol. The van der Waals surface area contributed by atoms with Crippen molar-refractivity contribution in [3.05, 3.63) is 16.1 Å². The summed E-state index contributed by atoms with van der Waals surface area (Å²) >= 11 is 1.40. The quantitative estimate of drug-likeness (QED) is 0.842. The largest absolute Gasteiger partial charge is 0.348 e. The van der Waals surface area contributed by atoms with Gasteiger partial charge >= 0.3 is 0 Å². The molecule has 0 radical (unpaired) electrons. The molecular formula is C11H18N2OS. The van der Waals surface area contributed by atoms with E-state index in [-0.39, 0.29) is 17.4 Å². The van der Waals surface area contributed by atoms with E-state index in [4.69, 9.17) is 0 Å². The molecular weight excluding hydrogens is 208 g/mol. The zero-order chi connectivity index (χ0) is 11.6. The Morgan fingerprint density at radius 3 is 2.47 bits per heavy atom. The molecule has 15 heavy (non-hydrogen) atoms. The molecule has 0 aliphatic rings. The van der Waals surface area contributed by atoms with E-state index in [1.807, 2.05) is 19.2 Å². The number of aromatic nitrogens is 1. The third-order valence-corrected chi connectivity index (χ3v) is 2.73. The van der Waals surface area contributed by atoms with Crippen molar-refractivity contribution in [2.45, 2.75) is 46.1 Å². The maximum Gasteiger partial charge on any atom is 0.280 e. The van der Waals surface area contributed by atoms with Crippen LogP contribution < -0.4 is 5.32 Å². The van der Waals surface area contributed by atoms with Crippen molar-refractivity contribution in [2.24, 2.45) is 0 Å². The molecule has 0 saturated carbocycles. The Kier molecular flexibility index (Phi) is 3.50. The second-order valence-corrected chi connectivity index (χ2v) is 5.77. The molecule has 1 amide bonds. The fraction of sp³-hybridized carbons (Fsp3) is 0.636. The number of nitrogens with zero attached hydrogens (tertiary/aromatic N) is 1. The number of carbonyl (C=O) groups excluding carboxylic acids is 1. The van der Waals surface area contributed by atoms with Gasteiger partial charge in [0.25, 0.3) is 5.91 Å². The minimum Gasteiger partial charge on any atom is -0.348 e. The SMILES string of the molecule is CC(C)NC(=O)c1nc(C(C)(C)C)cs1. The molecule has 84 valence electrons. The van der Waals surface area contributed by atoms with E-state index >= 15 is 0 Å². The third-order valence-electron chi connectivity index (χ3n) is 1.89. The highest BCUT2D eigenvalue weighted by Gasteiger charge is 2.20. The first-order valence-electron chi connectivity index (χ1n) is 5.07. The fourth-order valence-electron chi connectivity index (χ4n) is 1.05. The lowest BCUT2D eigenvalue weighted by atomic mass is 9.93. The zero-order valence-corrected chi connectivity index (χ0v) is 10.7. The zero-order valence-electron chi connectivity index (χ0n) is 9.92. The van der Waals surface area contributed by atoms with Crippen LogP contribution in [-0.2, 0) is 5.41 Å². The minimum absolute atomic E-state index is 0.00681. The van der Waals surface area contributed by atoms with Gasteiger partial charge in [-0.25, -0.2) is 4.98 Å². The predicted octanol–water partition coefficient (Wildman–Crippen LogP) is 2.58. The summed E-state index contributed by atoms with van der Waals surface area (Å²) < 4.78 is 0. The molecule has 1 rings (SSSR count). The van der Waals surface area contributed by atoms with Gasteiger partial charge in [-0.1, -0.05) is 20.8 Å². The van der Waals surface area contributed by atoms with Crippen LogP contribution in [0.5, 0.6) is 0 Å². The highest BCUT2D eigenvalue weighted by Crippen LogP contribution is 2.23. The highest BCUT2D eigenvalue weighted by atomic mass is 32.1. The molecule has 4 heteroatoms. The number of hydrogen-bond acceptors (Lipinski definition) is 3. The molecule has 0 atom stereocenters. The van der Waals surface area contributed by atoms with Gasteiger partial charge in [0.1, 0.15) is 0 Å². The van der Waals surface area contributed by atoms with Crippen LogP contribution in [0.1, 0.15) is 50.1 Å². The van der Waals surface area contributed by atoms with E-state index < -0.39 is 0 Å². The molecule has 1 N–H and O–H groups in total. The van der Waals surface area contributed by atoms with Gasteiger partial charge in [0, 0.05) is 16.8 Å². The number of amides is 1. The lowest BCUT2D eigenvalue weighted by Gasteiger charge is -2.14.